The quantitative estimate of drug-likeness (QED) is 0.841. The summed E-state index contributed by atoms with van der Waals surface area (Å²) in [7, 11) is 0. The molecule has 3 aliphatic heterocycles. The molecule has 6 heteroatoms. The van der Waals surface area contributed by atoms with Crippen molar-refractivity contribution >= 4 is 17.2 Å². The highest BCUT2D eigenvalue weighted by Gasteiger charge is 2.42. The fraction of sp³-hybridized carbons (Fsp3) is 0.733. The number of amides is 1. The minimum atomic E-state index is 0.112. The van der Waals surface area contributed by atoms with E-state index in [1.54, 1.807) is 5.51 Å². The first-order valence-corrected chi connectivity index (χ1v) is 8.71. The van der Waals surface area contributed by atoms with Gasteiger partial charge in [0.15, 0.2) is 0 Å². The molecule has 0 bridgehead atoms. The number of hydrogen-bond acceptors (Lipinski definition) is 5. The number of ether oxygens (including phenoxy) is 1. The predicted molar refractivity (Wildman–Crippen MR) is 80.4 cm³/mol. The Morgan fingerprint density at radius 2 is 2.14 bits per heavy atom. The van der Waals surface area contributed by atoms with Gasteiger partial charge in [0.2, 0.25) is 0 Å². The molecule has 4 rings (SSSR count). The number of hydrogen-bond donors (Lipinski definition) is 0. The van der Waals surface area contributed by atoms with Crippen molar-refractivity contribution in [3.05, 3.63) is 16.6 Å². The minimum Gasteiger partial charge on any atom is -0.381 e. The Labute approximate surface area is 128 Å². The van der Waals surface area contributed by atoms with E-state index in [1.807, 2.05) is 10.3 Å². The molecule has 0 spiro atoms. The summed E-state index contributed by atoms with van der Waals surface area (Å²) in [5, 5.41) is 1.85. The lowest BCUT2D eigenvalue weighted by Gasteiger charge is -2.23. The molecular formula is C15H21N3O2S. The van der Waals surface area contributed by atoms with Crippen molar-refractivity contribution in [2.75, 3.05) is 45.9 Å². The summed E-state index contributed by atoms with van der Waals surface area (Å²) >= 11 is 1.49. The van der Waals surface area contributed by atoms with Gasteiger partial charge in [-0.05, 0) is 24.2 Å². The van der Waals surface area contributed by atoms with Gasteiger partial charge >= 0.3 is 0 Å². The molecule has 1 aromatic heterocycles. The van der Waals surface area contributed by atoms with Gasteiger partial charge < -0.3 is 14.5 Å². The van der Waals surface area contributed by atoms with E-state index in [-0.39, 0.29) is 5.91 Å². The Balaban J connectivity index is 1.32. The Kier molecular flexibility index (Phi) is 3.69. The van der Waals surface area contributed by atoms with Gasteiger partial charge in [-0.15, -0.1) is 11.3 Å². The van der Waals surface area contributed by atoms with Crippen molar-refractivity contribution in [3.8, 4) is 0 Å². The molecule has 3 saturated heterocycles. The summed E-state index contributed by atoms with van der Waals surface area (Å²) in [6.45, 7) is 7.12. The van der Waals surface area contributed by atoms with Crippen LogP contribution in [0, 0.1) is 17.8 Å². The molecule has 4 heterocycles. The Hall–Kier alpha value is -0.980. The van der Waals surface area contributed by atoms with Gasteiger partial charge in [0.25, 0.3) is 5.91 Å². The van der Waals surface area contributed by atoms with Crippen LogP contribution in [0.25, 0.3) is 0 Å². The molecular weight excluding hydrogens is 286 g/mol. The van der Waals surface area contributed by atoms with Crippen LogP contribution in [0.5, 0.6) is 0 Å². The van der Waals surface area contributed by atoms with Crippen LogP contribution in [0.1, 0.15) is 16.9 Å². The van der Waals surface area contributed by atoms with E-state index in [0.29, 0.717) is 17.5 Å². The van der Waals surface area contributed by atoms with Crippen molar-refractivity contribution in [1.29, 1.82) is 0 Å². The van der Waals surface area contributed by atoms with E-state index >= 15 is 0 Å². The van der Waals surface area contributed by atoms with Gasteiger partial charge in [-0.1, -0.05) is 0 Å². The van der Waals surface area contributed by atoms with Gasteiger partial charge in [-0.3, -0.25) is 4.79 Å². The molecule has 3 aliphatic rings. The second kappa shape index (κ2) is 5.66. The molecule has 114 valence electrons. The van der Waals surface area contributed by atoms with Gasteiger partial charge in [-0.2, -0.15) is 0 Å². The minimum absolute atomic E-state index is 0.112. The zero-order chi connectivity index (χ0) is 14.2. The average Bonchev–Trinajstić information content (AvgIpc) is 3.23. The summed E-state index contributed by atoms with van der Waals surface area (Å²) in [5.74, 6) is 2.13. The molecule has 0 aromatic carbocycles. The first-order valence-electron chi connectivity index (χ1n) is 7.77. The number of rotatable bonds is 3. The number of nitrogens with zero attached hydrogens (tertiary/aromatic N) is 3. The second-order valence-electron chi connectivity index (χ2n) is 6.55. The number of likely N-dealkylation sites (tertiary alicyclic amines) is 2. The highest BCUT2D eigenvalue weighted by atomic mass is 32.1. The molecule has 5 nitrogen and oxygen atoms in total. The zero-order valence-corrected chi connectivity index (χ0v) is 12.9. The van der Waals surface area contributed by atoms with Crippen molar-refractivity contribution in [2.45, 2.75) is 6.42 Å². The molecule has 3 atom stereocenters. The summed E-state index contributed by atoms with van der Waals surface area (Å²) in [4.78, 5) is 21.1. The van der Waals surface area contributed by atoms with E-state index in [9.17, 15) is 4.79 Å². The van der Waals surface area contributed by atoms with Gasteiger partial charge in [-0.25, -0.2) is 4.98 Å². The van der Waals surface area contributed by atoms with Crippen molar-refractivity contribution < 1.29 is 9.53 Å². The maximum Gasteiger partial charge on any atom is 0.273 e. The third kappa shape index (κ3) is 2.72. The van der Waals surface area contributed by atoms with Gasteiger partial charge in [0, 0.05) is 44.7 Å². The highest BCUT2D eigenvalue weighted by molar-refractivity contribution is 7.07. The number of thiazole rings is 1. The lowest BCUT2D eigenvalue weighted by molar-refractivity contribution is 0.0767. The summed E-state index contributed by atoms with van der Waals surface area (Å²) in [6, 6.07) is 0. The lowest BCUT2D eigenvalue weighted by Crippen LogP contribution is -2.35. The summed E-state index contributed by atoms with van der Waals surface area (Å²) < 4.78 is 5.47. The molecule has 0 N–H and O–H groups in total. The Morgan fingerprint density at radius 1 is 1.33 bits per heavy atom. The van der Waals surface area contributed by atoms with E-state index in [1.165, 1.54) is 24.3 Å². The first-order chi connectivity index (χ1) is 10.3. The molecule has 1 unspecified atom stereocenters. The van der Waals surface area contributed by atoms with Crippen LogP contribution in [0.15, 0.2) is 10.9 Å². The molecule has 3 fully saturated rings. The van der Waals surface area contributed by atoms with Crippen molar-refractivity contribution in [1.82, 2.24) is 14.8 Å². The smallest absolute Gasteiger partial charge is 0.273 e. The predicted octanol–water partition coefficient (Wildman–Crippen LogP) is 1.18. The Bertz CT molecular complexity index is 487. The molecule has 0 saturated carbocycles. The monoisotopic (exact) mass is 307 g/mol. The SMILES string of the molecule is O=C(c1cscn1)N1C[C@H]2CN(CC3CCOC3)C[C@H]2C1. The van der Waals surface area contributed by atoms with Crippen LogP contribution in [0.2, 0.25) is 0 Å². The van der Waals surface area contributed by atoms with E-state index in [2.05, 4.69) is 9.88 Å². The largest absolute Gasteiger partial charge is 0.381 e. The topological polar surface area (TPSA) is 45.7 Å². The van der Waals surface area contributed by atoms with Crippen LogP contribution in [-0.4, -0.2) is 66.6 Å². The van der Waals surface area contributed by atoms with Crippen LogP contribution in [0.4, 0.5) is 0 Å². The first kappa shape index (κ1) is 13.7. The number of aromatic nitrogens is 1. The van der Waals surface area contributed by atoms with E-state index in [4.69, 9.17) is 4.74 Å². The molecule has 1 amide bonds. The maximum atomic E-state index is 12.3. The lowest BCUT2D eigenvalue weighted by atomic mass is 10.0. The van der Waals surface area contributed by atoms with Crippen LogP contribution in [0.3, 0.4) is 0 Å². The molecule has 1 aromatic rings. The fourth-order valence-corrected chi connectivity index (χ4v) is 4.50. The normalized spacial score (nSPS) is 32.8. The van der Waals surface area contributed by atoms with Crippen molar-refractivity contribution in [2.24, 2.45) is 17.8 Å². The number of fused-ring (bicyclic) bond motifs is 1. The molecule has 0 aliphatic carbocycles. The van der Waals surface area contributed by atoms with Crippen LogP contribution < -0.4 is 0 Å². The maximum absolute atomic E-state index is 12.3. The van der Waals surface area contributed by atoms with E-state index in [0.717, 1.165) is 45.3 Å². The molecule has 0 radical (unpaired) electrons. The number of carbonyl (C=O) groups is 1. The van der Waals surface area contributed by atoms with Crippen LogP contribution >= 0.6 is 11.3 Å². The second-order valence-corrected chi connectivity index (χ2v) is 7.27. The standard InChI is InChI=1S/C15H21N3O2S/c19-15(14-9-21-10-16-14)18-6-12-4-17(5-13(12)7-18)3-11-1-2-20-8-11/h9-13H,1-8H2/t11?,12-,13+. The van der Waals surface area contributed by atoms with Crippen LogP contribution in [-0.2, 0) is 4.74 Å². The average molecular weight is 307 g/mol. The third-order valence-electron chi connectivity index (χ3n) is 5.04. The fourth-order valence-electron chi connectivity index (χ4n) is 3.98. The number of carbonyl (C=O) groups excluding carboxylic acids is 1. The summed E-state index contributed by atoms with van der Waals surface area (Å²) in [5.41, 5.74) is 2.34. The summed E-state index contributed by atoms with van der Waals surface area (Å²) in [6.07, 6.45) is 1.21. The Morgan fingerprint density at radius 3 is 2.76 bits per heavy atom. The molecule has 21 heavy (non-hydrogen) atoms. The zero-order valence-electron chi connectivity index (χ0n) is 12.1. The van der Waals surface area contributed by atoms with E-state index < -0.39 is 0 Å². The highest BCUT2D eigenvalue weighted by Crippen LogP contribution is 2.32. The van der Waals surface area contributed by atoms with Gasteiger partial charge in [0.05, 0.1) is 12.1 Å². The van der Waals surface area contributed by atoms with Gasteiger partial charge in [0.1, 0.15) is 5.69 Å². The third-order valence-corrected chi connectivity index (χ3v) is 5.63. The van der Waals surface area contributed by atoms with Crippen molar-refractivity contribution in [3.63, 3.8) is 0 Å².